The number of hydrogen-bond acceptors (Lipinski definition) is 3. The lowest BCUT2D eigenvalue weighted by Gasteiger charge is -2.15. The molecule has 21 heavy (non-hydrogen) atoms. The van der Waals surface area contributed by atoms with Crippen LogP contribution in [0.4, 0.5) is 0 Å². The van der Waals surface area contributed by atoms with Gasteiger partial charge in [0.05, 0.1) is 29.5 Å². The third-order valence-electron chi connectivity index (χ3n) is 4.08. The van der Waals surface area contributed by atoms with E-state index in [9.17, 15) is 4.79 Å². The maximum Gasteiger partial charge on any atom is 0.261 e. The summed E-state index contributed by atoms with van der Waals surface area (Å²) in [6, 6.07) is 5.65. The molecule has 0 saturated heterocycles. The van der Waals surface area contributed by atoms with Crippen LogP contribution in [0.15, 0.2) is 35.5 Å². The van der Waals surface area contributed by atoms with Crippen molar-refractivity contribution in [3.63, 3.8) is 0 Å². The molecule has 5 nitrogen and oxygen atoms in total. The van der Waals surface area contributed by atoms with Crippen molar-refractivity contribution < 1.29 is 0 Å². The molecule has 0 amide bonds. The van der Waals surface area contributed by atoms with Crippen LogP contribution in [0.25, 0.3) is 10.9 Å². The highest BCUT2D eigenvalue weighted by atomic mass is 16.1. The average Bonchev–Trinajstić information content (AvgIpc) is 2.79. The summed E-state index contributed by atoms with van der Waals surface area (Å²) in [4.78, 5) is 17.1. The molecule has 3 rings (SSSR count). The van der Waals surface area contributed by atoms with Gasteiger partial charge in [0.1, 0.15) is 0 Å². The van der Waals surface area contributed by atoms with Gasteiger partial charge in [0.25, 0.3) is 5.56 Å². The Morgan fingerprint density at radius 1 is 1.24 bits per heavy atom. The smallest absolute Gasteiger partial charge is 0.261 e. The molecule has 0 bridgehead atoms. The molecule has 0 aliphatic heterocycles. The quantitative estimate of drug-likeness (QED) is 0.725. The first kappa shape index (κ1) is 13.5. The summed E-state index contributed by atoms with van der Waals surface area (Å²) in [5, 5.41) is 4.91. The normalized spacial score (nSPS) is 12.8. The molecule has 1 unspecified atom stereocenters. The maximum atomic E-state index is 12.7. The molecule has 0 aliphatic carbocycles. The summed E-state index contributed by atoms with van der Waals surface area (Å²) in [6.07, 6.45) is 3.43. The Morgan fingerprint density at radius 2 is 2.00 bits per heavy atom. The summed E-state index contributed by atoms with van der Waals surface area (Å²) in [5.41, 5.74) is 3.87. The zero-order valence-electron chi connectivity index (χ0n) is 12.7. The summed E-state index contributed by atoms with van der Waals surface area (Å²) in [5.74, 6) is 0. The van der Waals surface area contributed by atoms with E-state index in [1.165, 1.54) is 0 Å². The second kappa shape index (κ2) is 4.84. The van der Waals surface area contributed by atoms with Crippen molar-refractivity contribution in [2.45, 2.75) is 26.8 Å². The fourth-order valence-corrected chi connectivity index (χ4v) is 2.60. The van der Waals surface area contributed by atoms with Crippen LogP contribution >= 0.6 is 0 Å². The van der Waals surface area contributed by atoms with Crippen LogP contribution in [-0.2, 0) is 7.05 Å². The lowest BCUT2D eigenvalue weighted by atomic mass is 10.1. The average molecular weight is 282 g/mol. The molecule has 5 heteroatoms. The standard InChI is InChI=1S/C16H18N4O/c1-10-5-6-15-13(7-10)16(21)20(9-17-15)12(3)14-8-18-19(4)11(14)2/h5-9,12H,1-4H3. The molecule has 1 aromatic carbocycles. The van der Waals surface area contributed by atoms with Gasteiger partial charge < -0.3 is 0 Å². The number of rotatable bonds is 2. The number of aryl methyl sites for hydroxylation is 2. The number of aromatic nitrogens is 4. The van der Waals surface area contributed by atoms with E-state index in [-0.39, 0.29) is 11.6 Å². The highest BCUT2D eigenvalue weighted by Gasteiger charge is 2.16. The molecule has 2 heterocycles. The molecule has 3 aromatic rings. The van der Waals surface area contributed by atoms with Gasteiger partial charge in [-0.25, -0.2) is 4.98 Å². The van der Waals surface area contributed by atoms with E-state index in [1.807, 2.05) is 56.9 Å². The van der Waals surface area contributed by atoms with Crippen LogP contribution in [0.2, 0.25) is 0 Å². The third-order valence-corrected chi connectivity index (χ3v) is 4.08. The number of fused-ring (bicyclic) bond motifs is 1. The molecule has 2 aromatic heterocycles. The van der Waals surface area contributed by atoms with E-state index in [1.54, 1.807) is 10.9 Å². The van der Waals surface area contributed by atoms with Crippen LogP contribution in [-0.4, -0.2) is 19.3 Å². The summed E-state index contributed by atoms with van der Waals surface area (Å²) in [7, 11) is 1.90. The molecule has 0 radical (unpaired) electrons. The highest BCUT2D eigenvalue weighted by molar-refractivity contribution is 5.78. The number of nitrogens with zero attached hydrogens (tertiary/aromatic N) is 4. The molecule has 0 fully saturated rings. The van der Waals surface area contributed by atoms with Gasteiger partial charge in [0.2, 0.25) is 0 Å². The van der Waals surface area contributed by atoms with Gasteiger partial charge >= 0.3 is 0 Å². The monoisotopic (exact) mass is 282 g/mol. The first-order chi connectivity index (χ1) is 9.99. The topological polar surface area (TPSA) is 52.7 Å². The van der Waals surface area contributed by atoms with Gasteiger partial charge in [-0.15, -0.1) is 0 Å². The van der Waals surface area contributed by atoms with Crippen LogP contribution in [0.1, 0.15) is 29.8 Å². The van der Waals surface area contributed by atoms with Gasteiger partial charge in [-0.3, -0.25) is 14.0 Å². The van der Waals surface area contributed by atoms with Crippen molar-refractivity contribution in [1.29, 1.82) is 0 Å². The van der Waals surface area contributed by atoms with Gasteiger partial charge in [-0.1, -0.05) is 11.6 Å². The minimum atomic E-state index is -0.0939. The summed E-state index contributed by atoms with van der Waals surface area (Å²) in [6.45, 7) is 5.97. The maximum absolute atomic E-state index is 12.7. The van der Waals surface area contributed by atoms with Crippen molar-refractivity contribution in [3.05, 3.63) is 57.9 Å². The first-order valence-corrected chi connectivity index (χ1v) is 6.95. The Kier molecular flexibility index (Phi) is 3.12. The van der Waals surface area contributed by atoms with Crippen LogP contribution in [0.5, 0.6) is 0 Å². The lowest BCUT2D eigenvalue weighted by molar-refractivity contribution is 0.603. The van der Waals surface area contributed by atoms with E-state index < -0.39 is 0 Å². The molecule has 0 aliphatic rings. The summed E-state index contributed by atoms with van der Waals surface area (Å²) >= 11 is 0. The van der Waals surface area contributed by atoms with E-state index in [0.29, 0.717) is 5.39 Å². The van der Waals surface area contributed by atoms with Gasteiger partial charge in [-0.2, -0.15) is 5.10 Å². The van der Waals surface area contributed by atoms with Crippen LogP contribution < -0.4 is 5.56 Å². The SMILES string of the molecule is Cc1ccc2ncn(C(C)c3cnn(C)c3C)c(=O)c2c1. The Bertz CT molecular complexity index is 876. The zero-order chi connectivity index (χ0) is 15.1. The van der Waals surface area contributed by atoms with Crippen molar-refractivity contribution in [2.24, 2.45) is 7.05 Å². The van der Waals surface area contributed by atoms with E-state index in [2.05, 4.69) is 10.1 Å². The van der Waals surface area contributed by atoms with E-state index in [0.717, 1.165) is 22.3 Å². The molecule has 108 valence electrons. The Balaban J connectivity index is 2.19. The molecule has 0 saturated carbocycles. The second-order valence-electron chi connectivity index (χ2n) is 5.46. The molecule has 0 spiro atoms. The fourth-order valence-electron chi connectivity index (χ4n) is 2.60. The minimum Gasteiger partial charge on any atom is -0.291 e. The Morgan fingerprint density at radius 3 is 2.67 bits per heavy atom. The number of benzene rings is 1. The van der Waals surface area contributed by atoms with Gasteiger partial charge in [0.15, 0.2) is 0 Å². The molecule has 1 atom stereocenters. The van der Waals surface area contributed by atoms with Crippen LogP contribution in [0, 0.1) is 13.8 Å². The molecule has 0 N–H and O–H groups in total. The molecular formula is C16H18N4O. The van der Waals surface area contributed by atoms with Crippen molar-refractivity contribution in [3.8, 4) is 0 Å². The third kappa shape index (κ3) is 2.14. The van der Waals surface area contributed by atoms with Crippen molar-refractivity contribution in [1.82, 2.24) is 19.3 Å². The van der Waals surface area contributed by atoms with Crippen molar-refractivity contribution in [2.75, 3.05) is 0 Å². The fraction of sp³-hybridized carbons (Fsp3) is 0.312. The minimum absolute atomic E-state index is 0.0144. The van der Waals surface area contributed by atoms with Gasteiger partial charge in [-0.05, 0) is 32.9 Å². The first-order valence-electron chi connectivity index (χ1n) is 6.95. The highest BCUT2D eigenvalue weighted by Crippen LogP contribution is 2.20. The predicted molar refractivity (Wildman–Crippen MR) is 82.5 cm³/mol. The van der Waals surface area contributed by atoms with Gasteiger partial charge in [0, 0.05) is 18.3 Å². The zero-order valence-corrected chi connectivity index (χ0v) is 12.7. The largest absolute Gasteiger partial charge is 0.291 e. The van der Waals surface area contributed by atoms with Crippen LogP contribution in [0.3, 0.4) is 0 Å². The predicted octanol–water partition coefficient (Wildman–Crippen LogP) is 2.36. The molecular weight excluding hydrogens is 264 g/mol. The Hall–Kier alpha value is -2.43. The lowest BCUT2D eigenvalue weighted by Crippen LogP contribution is -2.24. The van der Waals surface area contributed by atoms with Crippen molar-refractivity contribution >= 4 is 10.9 Å². The number of hydrogen-bond donors (Lipinski definition) is 0. The summed E-state index contributed by atoms with van der Waals surface area (Å²) < 4.78 is 3.49. The Labute approximate surface area is 122 Å². The van der Waals surface area contributed by atoms with E-state index >= 15 is 0 Å². The second-order valence-corrected chi connectivity index (χ2v) is 5.46. The van der Waals surface area contributed by atoms with E-state index in [4.69, 9.17) is 0 Å².